The zero-order valence-electron chi connectivity index (χ0n) is 10.6. The van der Waals surface area contributed by atoms with Gasteiger partial charge in [-0.15, -0.1) is 0 Å². The second-order valence-electron chi connectivity index (χ2n) is 4.84. The standard InChI is InChI=1S/C15H17N3O/c19-15(18-9-11-5-6-16-8-11)14-7-12-3-1-2-4-13(12)10-17-14/h1-6,8,14,16-17H,7,9-10H2,(H,18,19). The Morgan fingerprint density at radius 3 is 2.89 bits per heavy atom. The van der Waals surface area contributed by atoms with Gasteiger partial charge in [0.25, 0.3) is 0 Å². The van der Waals surface area contributed by atoms with Crippen molar-refractivity contribution >= 4 is 5.91 Å². The molecule has 4 nitrogen and oxygen atoms in total. The van der Waals surface area contributed by atoms with Gasteiger partial charge in [-0.25, -0.2) is 0 Å². The van der Waals surface area contributed by atoms with Gasteiger partial charge in [-0.1, -0.05) is 24.3 Å². The number of fused-ring (bicyclic) bond motifs is 1. The van der Waals surface area contributed by atoms with Crippen LogP contribution in [-0.2, 0) is 24.3 Å². The number of carbonyl (C=O) groups excluding carboxylic acids is 1. The van der Waals surface area contributed by atoms with Gasteiger partial charge in [0.1, 0.15) is 0 Å². The van der Waals surface area contributed by atoms with E-state index in [1.807, 2.05) is 30.6 Å². The summed E-state index contributed by atoms with van der Waals surface area (Å²) < 4.78 is 0. The first-order valence-electron chi connectivity index (χ1n) is 6.52. The number of benzene rings is 1. The average Bonchev–Trinajstić information content (AvgIpc) is 2.97. The van der Waals surface area contributed by atoms with Crippen molar-refractivity contribution in [3.05, 3.63) is 59.4 Å². The van der Waals surface area contributed by atoms with Crippen molar-refractivity contribution in [2.24, 2.45) is 0 Å². The molecule has 2 aromatic rings. The Kier molecular flexibility index (Phi) is 3.33. The maximum absolute atomic E-state index is 12.1. The number of aromatic amines is 1. The number of nitrogens with one attached hydrogen (secondary N) is 3. The summed E-state index contributed by atoms with van der Waals surface area (Å²) in [5.41, 5.74) is 3.64. The Hall–Kier alpha value is -2.07. The molecule has 98 valence electrons. The Morgan fingerprint density at radius 2 is 2.11 bits per heavy atom. The molecule has 1 amide bonds. The maximum Gasteiger partial charge on any atom is 0.237 e. The minimum atomic E-state index is -0.131. The van der Waals surface area contributed by atoms with Crippen LogP contribution >= 0.6 is 0 Å². The molecule has 1 atom stereocenters. The summed E-state index contributed by atoms with van der Waals surface area (Å²) in [7, 11) is 0. The number of aromatic nitrogens is 1. The van der Waals surface area contributed by atoms with Crippen LogP contribution in [0.25, 0.3) is 0 Å². The van der Waals surface area contributed by atoms with Crippen molar-refractivity contribution < 1.29 is 4.79 Å². The predicted octanol–water partition coefficient (Wildman–Crippen LogP) is 1.35. The molecule has 0 bridgehead atoms. The van der Waals surface area contributed by atoms with E-state index in [-0.39, 0.29) is 11.9 Å². The Balaban J connectivity index is 1.60. The van der Waals surface area contributed by atoms with Crippen molar-refractivity contribution in [1.29, 1.82) is 0 Å². The first-order valence-corrected chi connectivity index (χ1v) is 6.52. The van der Waals surface area contributed by atoms with Crippen LogP contribution in [0.5, 0.6) is 0 Å². The third-order valence-corrected chi connectivity index (χ3v) is 3.53. The second kappa shape index (κ2) is 5.28. The number of H-pyrrole nitrogens is 1. The van der Waals surface area contributed by atoms with Gasteiger partial charge in [0.15, 0.2) is 0 Å². The van der Waals surface area contributed by atoms with Crippen molar-refractivity contribution in [2.75, 3.05) is 0 Å². The molecule has 0 saturated heterocycles. The molecular weight excluding hydrogens is 238 g/mol. The average molecular weight is 255 g/mol. The van der Waals surface area contributed by atoms with Gasteiger partial charge in [-0.3, -0.25) is 4.79 Å². The van der Waals surface area contributed by atoms with Crippen molar-refractivity contribution in [3.8, 4) is 0 Å². The quantitative estimate of drug-likeness (QED) is 0.775. The summed E-state index contributed by atoms with van der Waals surface area (Å²) in [5.74, 6) is 0.0655. The fourth-order valence-electron chi connectivity index (χ4n) is 2.42. The molecule has 0 aliphatic carbocycles. The largest absolute Gasteiger partial charge is 0.367 e. The summed E-state index contributed by atoms with van der Waals surface area (Å²) in [6.45, 7) is 1.33. The monoisotopic (exact) mass is 255 g/mol. The van der Waals surface area contributed by atoms with Gasteiger partial charge in [0.05, 0.1) is 6.04 Å². The molecule has 3 N–H and O–H groups in total. The minimum Gasteiger partial charge on any atom is -0.367 e. The van der Waals surface area contributed by atoms with Gasteiger partial charge in [0, 0.05) is 25.5 Å². The SMILES string of the molecule is O=C(NCc1cc[nH]c1)C1Cc2ccccc2CN1. The third-order valence-electron chi connectivity index (χ3n) is 3.53. The van der Waals surface area contributed by atoms with Crippen LogP contribution in [0.15, 0.2) is 42.7 Å². The molecule has 2 heterocycles. The van der Waals surface area contributed by atoms with Crippen LogP contribution in [0.2, 0.25) is 0 Å². The minimum absolute atomic E-state index is 0.0655. The lowest BCUT2D eigenvalue weighted by molar-refractivity contribution is -0.123. The molecule has 0 fully saturated rings. The summed E-state index contributed by atoms with van der Waals surface area (Å²) in [6.07, 6.45) is 4.51. The van der Waals surface area contributed by atoms with Gasteiger partial charge >= 0.3 is 0 Å². The number of rotatable bonds is 3. The Bertz CT molecular complexity index is 563. The zero-order chi connectivity index (χ0) is 13.1. The van der Waals surface area contributed by atoms with Crippen LogP contribution in [0.1, 0.15) is 16.7 Å². The smallest absolute Gasteiger partial charge is 0.237 e. The molecule has 1 aliphatic rings. The van der Waals surface area contributed by atoms with Crippen molar-refractivity contribution in [3.63, 3.8) is 0 Å². The van der Waals surface area contributed by atoms with Crippen LogP contribution < -0.4 is 10.6 Å². The fourth-order valence-corrected chi connectivity index (χ4v) is 2.42. The van der Waals surface area contributed by atoms with Gasteiger partial charge in [0.2, 0.25) is 5.91 Å². The highest BCUT2D eigenvalue weighted by Gasteiger charge is 2.23. The molecule has 1 aliphatic heterocycles. The lowest BCUT2D eigenvalue weighted by Gasteiger charge is -2.25. The van der Waals surface area contributed by atoms with Gasteiger partial charge in [-0.2, -0.15) is 0 Å². The summed E-state index contributed by atoms with van der Waals surface area (Å²) in [5, 5.41) is 6.25. The van der Waals surface area contributed by atoms with E-state index in [0.29, 0.717) is 6.54 Å². The Morgan fingerprint density at radius 1 is 1.26 bits per heavy atom. The van der Waals surface area contributed by atoms with E-state index in [2.05, 4.69) is 27.8 Å². The highest BCUT2D eigenvalue weighted by atomic mass is 16.2. The molecule has 4 heteroatoms. The molecule has 1 aromatic heterocycles. The van der Waals surface area contributed by atoms with Crippen molar-refractivity contribution in [2.45, 2.75) is 25.6 Å². The number of hydrogen-bond donors (Lipinski definition) is 3. The van der Waals surface area contributed by atoms with E-state index in [1.54, 1.807) is 0 Å². The highest BCUT2D eigenvalue weighted by molar-refractivity contribution is 5.82. The fraction of sp³-hybridized carbons (Fsp3) is 0.267. The van der Waals surface area contributed by atoms with Crippen molar-refractivity contribution in [1.82, 2.24) is 15.6 Å². The zero-order valence-corrected chi connectivity index (χ0v) is 10.6. The van der Waals surface area contributed by atoms with Crippen LogP contribution in [0, 0.1) is 0 Å². The molecule has 3 rings (SSSR count). The third kappa shape index (κ3) is 2.69. The molecule has 19 heavy (non-hydrogen) atoms. The van der Waals surface area contributed by atoms with Gasteiger partial charge < -0.3 is 15.6 Å². The van der Waals surface area contributed by atoms with E-state index < -0.39 is 0 Å². The molecule has 0 spiro atoms. The number of amides is 1. The summed E-state index contributed by atoms with van der Waals surface area (Å²) in [4.78, 5) is 15.1. The first kappa shape index (κ1) is 12.0. The van der Waals surface area contributed by atoms with Gasteiger partial charge in [-0.05, 0) is 29.2 Å². The van der Waals surface area contributed by atoms with Crippen LogP contribution in [0.4, 0.5) is 0 Å². The molecular formula is C15H17N3O. The second-order valence-corrected chi connectivity index (χ2v) is 4.84. The number of hydrogen-bond acceptors (Lipinski definition) is 2. The highest BCUT2D eigenvalue weighted by Crippen LogP contribution is 2.16. The summed E-state index contributed by atoms with van der Waals surface area (Å²) in [6, 6.07) is 10.1. The lowest BCUT2D eigenvalue weighted by atomic mass is 9.95. The maximum atomic E-state index is 12.1. The van der Waals surface area contributed by atoms with E-state index in [9.17, 15) is 4.79 Å². The lowest BCUT2D eigenvalue weighted by Crippen LogP contribution is -2.47. The normalized spacial score (nSPS) is 17.8. The first-order chi connectivity index (χ1) is 9.33. The predicted molar refractivity (Wildman–Crippen MR) is 73.4 cm³/mol. The van der Waals surface area contributed by atoms with Crippen LogP contribution in [0.3, 0.4) is 0 Å². The number of carbonyl (C=O) groups is 1. The molecule has 0 radical (unpaired) electrons. The topological polar surface area (TPSA) is 56.9 Å². The Labute approximate surface area is 112 Å². The molecule has 1 unspecified atom stereocenters. The molecule has 1 aromatic carbocycles. The van der Waals surface area contributed by atoms with Crippen LogP contribution in [-0.4, -0.2) is 16.9 Å². The van der Waals surface area contributed by atoms with E-state index in [0.717, 1.165) is 18.5 Å². The van der Waals surface area contributed by atoms with E-state index in [1.165, 1.54) is 11.1 Å². The van der Waals surface area contributed by atoms with E-state index >= 15 is 0 Å². The van der Waals surface area contributed by atoms with E-state index in [4.69, 9.17) is 0 Å². The molecule has 0 saturated carbocycles. The summed E-state index contributed by atoms with van der Waals surface area (Å²) >= 11 is 0.